The lowest BCUT2D eigenvalue weighted by Gasteiger charge is -2.32. The Morgan fingerprint density at radius 1 is 0.974 bits per heavy atom. The minimum atomic E-state index is -0.840. The van der Waals surface area contributed by atoms with Gasteiger partial charge in [0.1, 0.15) is 11.3 Å². The topological polar surface area (TPSA) is 97.5 Å². The van der Waals surface area contributed by atoms with Crippen LogP contribution in [0.15, 0.2) is 35.1 Å². The van der Waals surface area contributed by atoms with Gasteiger partial charge in [-0.25, -0.2) is 8.78 Å². The number of thiazole rings is 1. The van der Waals surface area contributed by atoms with E-state index in [9.17, 15) is 23.5 Å². The summed E-state index contributed by atoms with van der Waals surface area (Å²) in [5.74, 6) is -1.45. The van der Waals surface area contributed by atoms with Crippen LogP contribution >= 0.6 is 11.3 Å². The van der Waals surface area contributed by atoms with E-state index < -0.39 is 11.6 Å². The highest BCUT2D eigenvalue weighted by Crippen LogP contribution is 2.28. The van der Waals surface area contributed by atoms with Gasteiger partial charge in [0, 0.05) is 32.1 Å². The van der Waals surface area contributed by atoms with Crippen LogP contribution in [0.5, 0.6) is 5.75 Å². The van der Waals surface area contributed by atoms with Gasteiger partial charge in [0.2, 0.25) is 5.91 Å². The number of fused-ring (bicyclic) bond motifs is 1. The number of amides is 1. The average Bonchev–Trinajstić information content (AvgIpc) is 3.13. The number of halogens is 2. The van der Waals surface area contributed by atoms with Crippen LogP contribution in [0.1, 0.15) is 56.1 Å². The fourth-order valence-corrected chi connectivity index (χ4v) is 6.22. The molecule has 1 amide bonds. The lowest BCUT2D eigenvalue weighted by molar-refractivity contribution is -0.133. The van der Waals surface area contributed by atoms with E-state index in [0.29, 0.717) is 63.1 Å². The number of nitrogens with zero attached hydrogens (tertiary/aromatic N) is 1. The predicted molar refractivity (Wildman–Crippen MR) is 151 cm³/mol. The summed E-state index contributed by atoms with van der Waals surface area (Å²) in [7, 11) is 0. The second-order valence-electron chi connectivity index (χ2n) is 10.2. The third-order valence-corrected chi connectivity index (χ3v) is 8.40. The number of aromatic amines is 1. The lowest BCUT2D eigenvalue weighted by atomic mass is 10.1. The number of phenols is 1. The molecule has 1 fully saturated rings. The molecule has 212 valence electrons. The maximum absolute atomic E-state index is 13.8. The number of H-pyrrole nitrogens is 1. The number of aromatic nitrogens is 1. The summed E-state index contributed by atoms with van der Waals surface area (Å²) in [6.07, 6.45) is 8.17. The van der Waals surface area contributed by atoms with Crippen molar-refractivity contribution < 1.29 is 18.7 Å². The number of benzene rings is 2. The van der Waals surface area contributed by atoms with Gasteiger partial charge in [-0.05, 0) is 62.0 Å². The Labute approximate surface area is 231 Å². The van der Waals surface area contributed by atoms with Crippen molar-refractivity contribution in [3.05, 3.63) is 62.8 Å². The molecule has 1 saturated carbocycles. The fourth-order valence-electron chi connectivity index (χ4n) is 5.33. The number of rotatable bonds is 13. The molecule has 0 bridgehead atoms. The first-order valence-corrected chi connectivity index (χ1v) is 14.7. The van der Waals surface area contributed by atoms with Gasteiger partial charge >= 0.3 is 4.87 Å². The maximum Gasteiger partial charge on any atom is 0.305 e. The second-order valence-corrected chi connectivity index (χ2v) is 11.1. The lowest BCUT2D eigenvalue weighted by Crippen LogP contribution is -2.45. The molecule has 4 N–H and O–H groups in total. The number of carbonyl (C=O) groups is 1. The Hall–Kier alpha value is -2.82. The van der Waals surface area contributed by atoms with Crippen molar-refractivity contribution in [1.29, 1.82) is 0 Å². The molecule has 4 rings (SSSR count). The van der Waals surface area contributed by atoms with E-state index in [1.54, 1.807) is 12.1 Å². The smallest absolute Gasteiger partial charge is 0.305 e. The van der Waals surface area contributed by atoms with Crippen LogP contribution in [0, 0.1) is 11.6 Å². The summed E-state index contributed by atoms with van der Waals surface area (Å²) >= 11 is 1.10. The monoisotopic (exact) mass is 560 g/mol. The fraction of sp³-hybridized carbons (Fsp3) is 0.517. The van der Waals surface area contributed by atoms with Crippen LogP contribution in [0.25, 0.3) is 10.2 Å². The van der Waals surface area contributed by atoms with Gasteiger partial charge in [-0.15, -0.1) is 0 Å². The molecular formula is C29H38F2N4O3S. The third-order valence-electron chi connectivity index (χ3n) is 7.44. The van der Waals surface area contributed by atoms with E-state index >= 15 is 0 Å². The van der Waals surface area contributed by atoms with Gasteiger partial charge in [0.05, 0.1) is 4.70 Å². The molecule has 3 aromatic rings. The van der Waals surface area contributed by atoms with Gasteiger partial charge in [0.25, 0.3) is 0 Å². The van der Waals surface area contributed by atoms with E-state index in [0.717, 1.165) is 53.3 Å². The van der Waals surface area contributed by atoms with Crippen molar-refractivity contribution in [2.45, 2.75) is 63.8 Å². The standard InChI is InChI=1S/C29H38F2N4O3S/c30-23-9-5-6-20(26(23)31)12-15-32-17-14-25(37)35(22-7-3-1-2-4-8-22)19-18-33-16-13-21-10-11-24(36)27-28(21)39-29(38)34-27/h5-6,9-11,22,32-33,36H,1-4,7-8,12-19H2,(H,34,38). The minimum Gasteiger partial charge on any atom is -0.506 e. The van der Waals surface area contributed by atoms with Crippen LogP contribution in [0.3, 0.4) is 0 Å². The van der Waals surface area contributed by atoms with Crippen LogP contribution in [0.4, 0.5) is 8.78 Å². The van der Waals surface area contributed by atoms with Gasteiger partial charge in [-0.1, -0.05) is 55.2 Å². The number of nitrogens with one attached hydrogen (secondary N) is 3. The molecule has 0 radical (unpaired) electrons. The number of phenolic OH excluding ortho intramolecular Hbond substituents is 1. The Morgan fingerprint density at radius 3 is 2.46 bits per heavy atom. The van der Waals surface area contributed by atoms with Crippen molar-refractivity contribution in [3.63, 3.8) is 0 Å². The van der Waals surface area contributed by atoms with Crippen molar-refractivity contribution in [1.82, 2.24) is 20.5 Å². The number of aromatic hydroxyl groups is 1. The zero-order valence-electron chi connectivity index (χ0n) is 22.2. The Morgan fingerprint density at radius 2 is 1.69 bits per heavy atom. The highest BCUT2D eigenvalue weighted by atomic mass is 32.1. The van der Waals surface area contributed by atoms with Crippen LogP contribution < -0.4 is 15.5 Å². The van der Waals surface area contributed by atoms with Crippen LogP contribution in [-0.4, -0.2) is 59.7 Å². The van der Waals surface area contributed by atoms with Crippen LogP contribution in [0.2, 0.25) is 0 Å². The zero-order chi connectivity index (χ0) is 27.6. The summed E-state index contributed by atoms with van der Waals surface area (Å²) in [5, 5.41) is 16.6. The Balaban J connectivity index is 1.24. The van der Waals surface area contributed by atoms with Gasteiger partial charge in [0.15, 0.2) is 11.6 Å². The van der Waals surface area contributed by atoms with E-state index in [2.05, 4.69) is 15.6 Å². The van der Waals surface area contributed by atoms with Gasteiger partial charge < -0.3 is 25.6 Å². The summed E-state index contributed by atoms with van der Waals surface area (Å²) in [6, 6.07) is 7.90. The predicted octanol–water partition coefficient (Wildman–Crippen LogP) is 4.48. The van der Waals surface area contributed by atoms with E-state index in [1.165, 1.54) is 18.9 Å². The quantitative estimate of drug-likeness (QED) is 0.183. The molecule has 0 unspecified atom stereocenters. The maximum atomic E-state index is 13.8. The van der Waals surface area contributed by atoms with Crippen molar-refractivity contribution >= 4 is 27.5 Å². The summed E-state index contributed by atoms with van der Waals surface area (Å²) < 4.78 is 28.0. The first kappa shape index (κ1) is 29.2. The van der Waals surface area contributed by atoms with Gasteiger partial charge in [-0.2, -0.15) is 0 Å². The first-order chi connectivity index (χ1) is 18.9. The summed E-state index contributed by atoms with van der Waals surface area (Å²) in [4.78, 5) is 29.5. The van der Waals surface area contributed by atoms with Gasteiger partial charge in [-0.3, -0.25) is 9.59 Å². The highest BCUT2D eigenvalue weighted by molar-refractivity contribution is 7.16. The van der Waals surface area contributed by atoms with E-state index in [1.807, 2.05) is 11.0 Å². The van der Waals surface area contributed by atoms with E-state index in [4.69, 9.17) is 0 Å². The second kappa shape index (κ2) is 14.5. The zero-order valence-corrected chi connectivity index (χ0v) is 23.1. The molecular weight excluding hydrogens is 522 g/mol. The van der Waals surface area contributed by atoms with E-state index in [-0.39, 0.29) is 22.6 Å². The van der Waals surface area contributed by atoms with Crippen LogP contribution in [-0.2, 0) is 17.6 Å². The average molecular weight is 561 g/mol. The molecule has 0 spiro atoms. The van der Waals surface area contributed by atoms with Crippen molar-refractivity contribution in [3.8, 4) is 5.75 Å². The molecule has 2 aromatic carbocycles. The molecule has 0 saturated heterocycles. The molecule has 7 nitrogen and oxygen atoms in total. The molecule has 0 aliphatic heterocycles. The molecule has 1 aromatic heterocycles. The molecule has 39 heavy (non-hydrogen) atoms. The summed E-state index contributed by atoms with van der Waals surface area (Å²) in [5.41, 5.74) is 1.82. The van der Waals surface area contributed by atoms with Crippen molar-refractivity contribution in [2.24, 2.45) is 0 Å². The Bertz CT molecular complexity index is 1290. The number of hydrogen-bond acceptors (Lipinski definition) is 6. The molecule has 1 aliphatic carbocycles. The highest BCUT2D eigenvalue weighted by Gasteiger charge is 2.24. The SMILES string of the molecule is O=C(CCNCCc1cccc(F)c1F)N(CCNCCc1ccc(O)c2[nH]c(=O)sc12)C1CCCCCC1. The molecule has 1 heterocycles. The third kappa shape index (κ3) is 8.09. The molecule has 10 heteroatoms. The van der Waals surface area contributed by atoms with Crippen molar-refractivity contribution in [2.75, 3.05) is 32.7 Å². The normalized spacial score (nSPS) is 14.5. The molecule has 1 aliphatic rings. The Kier molecular flexibility index (Phi) is 10.9. The number of carbonyl (C=O) groups excluding carboxylic acids is 1. The summed E-state index contributed by atoms with van der Waals surface area (Å²) in [6.45, 7) is 2.94. The first-order valence-electron chi connectivity index (χ1n) is 13.9. The molecule has 0 atom stereocenters. The largest absolute Gasteiger partial charge is 0.506 e. The minimum absolute atomic E-state index is 0.0771. The number of hydrogen-bond donors (Lipinski definition) is 4.